The van der Waals surface area contributed by atoms with Crippen LogP contribution < -0.4 is 0 Å². The van der Waals surface area contributed by atoms with Gasteiger partial charge in [-0.1, -0.05) is 33.0 Å². The Balaban J connectivity index is 3.33. The van der Waals surface area contributed by atoms with Gasteiger partial charge in [0, 0.05) is 5.37 Å². The van der Waals surface area contributed by atoms with E-state index < -0.39 is 0 Å². The molecule has 0 saturated carbocycles. The molecule has 0 aromatic rings. The molecule has 1 unspecified atom stereocenters. The minimum Gasteiger partial charge on any atom is -0.0834 e. The fraction of sp³-hybridized carbons (Fsp3) is 0.833. The smallest absolute Gasteiger partial charge is 0.0325 e. The maximum atomic E-state index is 4.60. The normalized spacial score (nSPS) is 14.3. The van der Waals surface area contributed by atoms with Gasteiger partial charge in [0.05, 0.1) is 0 Å². The lowest BCUT2D eigenvalue weighted by atomic mass is 10.0. The van der Waals surface area contributed by atoms with E-state index in [1.807, 2.05) is 0 Å². The highest BCUT2D eigenvalue weighted by Gasteiger charge is 2.00. The van der Waals surface area contributed by atoms with Crippen LogP contribution >= 0.6 is 12.2 Å². The summed E-state index contributed by atoms with van der Waals surface area (Å²) in [5.74, 6) is 1.12. The molecular formula is C6H11S. The zero-order chi connectivity index (χ0) is 5.86. The summed E-state index contributed by atoms with van der Waals surface area (Å²) in [7, 11) is 0. The van der Waals surface area contributed by atoms with Gasteiger partial charge in [-0.2, -0.15) is 0 Å². The third kappa shape index (κ3) is 2.75. The lowest BCUT2D eigenvalue weighted by molar-refractivity contribution is 0.545. The average Bonchev–Trinajstić information content (AvgIpc) is 1.65. The van der Waals surface area contributed by atoms with Crippen molar-refractivity contribution < 1.29 is 0 Å². The molecule has 0 aliphatic rings. The number of thiocarbonyl (C=S) groups is 1. The molecule has 0 nitrogen and oxygen atoms in total. The van der Waals surface area contributed by atoms with Gasteiger partial charge in [0.1, 0.15) is 0 Å². The fourth-order valence-corrected chi connectivity index (χ4v) is 0.408. The molecule has 0 saturated heterocycles. The van der Waals surface area contributed by atoms with Crippen LogP contribution in [0.5, 0.6) is 0 Å². The Kier molecular flexibility index (Phi) is 3.18. The molecule has 0 heterocycles. The minimum absolute atomic E-state index is 0.468. The first-order chi connectivity index (χ1) is 3.18. The van der Waals surface area contributed by atoms with Crippen LogP contribution in [0, 0.1) is 11.8 Å². The fourth-order valence-electron chi connectivity index (χ4n) is 0.136. The Bertz CT molecular complexity index is 57.2. The van der Waals surface area contributed by atoms with Crippen molar-refractivity contribution in [3.05, 3.63) is 0 Å². The molecule has 0 bridgehead atoms. The molecule has 0 aromatic heterocycles. The summed E-state index contributed by atoms with van der Waals surface area (Å²) in [4.78, 5) is 0. The molecule has 7 heavy (non-hydrogen) atoms. The van der Waals surface area contributed by atoms with Crippen molar-refractivity contribution in [1.29, 1.82) is 0 Å². The van der Waals surface area contributed by atoms with E-state index in [4.69, 9.17) is 0 Å². The molecule has 0 amide bonds. The standard InChI is InChI=1S/C6H11S/c1-5(2)6(3)4-7/h5-6H,1-3H3. The summed E-state index contributed by atoms with van der Waals surface area (Å²) in [6.45, 7) is 6.37. The molecule has 0 aliphatic heterocycles. The van der Waals surface area contributed by atoms with Crippen LogP contribution in [0.3, 0.4) is 0 Å². The zero-order valence-corrected chi connectivity index (χ0v) is 5.88. The van der Waals surface area contributed by atoms with E-state index in [0.29, 0.717) is 11.8 Å². The molecule has 0 fully saturated rings. The lowest BCUT2D eigenvalue weighted by Crippen LogP contribution is -2.02. The lowest BCUT2D eigenvalue weighted by Gasteiger charge is -2.05. The Hall–Kier alpha value is 0.0900. The van der Waals surface area contributed by atoms with E-state index in [2.05, 4.69) is 38.4 Å². The molecule has 1 radical (unpaired) electrons. The predicted octanol–water partition coefficient (Wildman–Crippen LogP) is 2.16. The van der Waals surface area contributed by atoms with Crippen LogP contribution in [0.2, 0.25) is 0 Å². The highest BCUT2D eigenvalue weighted by atomic mass is 32.1. The van der Waals surface area contributed by atoms with E-state index in [1.54, 1.807) is 0 Å². The second-order valence-corrected chi connectivity index (χ2v) is 2.39. The largest absolute Gasteiger partial charge is 0.0834 e. The average molecular weight is 115 g/mol. The summed E-state index contributed by atoms with van der Waals surface area (Å²) < 4.78 is 0. The second kappa shape index (κ2) is 3.14. The SMILES string of the molecule is CC(C)C(C)[C]=S. The maximum Gasteiger partial charge on any atom is 0.0325 e. The summed E-state index contributed by atoms with van der Waals surface area (Å²) in [6.07, 6.45) is 0. The van der Waals surface area contributed by atoms with Crippen molar-refractivity contribution >= 4 is 17.6 Å². The topological polar surface area (TPSA) is 0 Å². The number of rotatable bonds is 2. The molecule has 0 N–H and O–H groups in total. The first kappa shape index (κ1) is 7.09. The summed E-state index contributed by atoms with van der Waals surface area (Å²) in [6, 6.07) is 0. The van der Waals surface area contributed by atoms with Gasteiger partial charge in [-0.05, 0) is 11.8 Å². The third-order valence-corrected chi connectivity index (χ3v) is 1.56. The molecular weight excluding hydrogens is 104 g/mol. The highest BCUT2D eigenvalue weighted by Crippen LogP contribution is 2.05. The van der Waals surface area contributed by atoms with Crippen molar-refractivity contribution in [2.45, 2.75) is 20.8 Å². The predicted molar refractivity (Wildman–Crippen MR) is 36.6 cm³/mol. The van der Waals surface area contributed by atoms with Gasteiger partial charge < -0.3 is 0 Å². The Morgan fingerprint density at radius 3 is 1.71 bits per heavy atom. The van der Waals surface area contributed by atoms with Gasteiger partial charge in [-0.15, -0.1) is 0 Å². The molecule has 41 valence electrons. The van der Waals surface area contributed by atoms with Gasteiger partial charge in [0.25, 0.3) is 0 Å². The van der Waals surface area contributed by atoms with Crippen LogP contribution in [-0.2, 0) is 0 Å². The van der Waals surface area contributed by atoms with Crippen molar-refractivity contribution in [3.8, 4) is 0 Å². The van der Waals surface area contributed by atoms with Crippen LogP contribution in [-0.4, -0.2) is 5.37 Å². The van der Waals surface area contributed by atoms with E-state index >= 15 is 0 Å². The van der Waals surface area contributed by atoms with Gasteiger partial charge >= 0.3 is 0 Å². The molecule has 0 aliphatic carbocycles. The Morgan fingerprint density at radius 1 is 1.29 bits per heavy atom. The third-order valence-electron chi connectivity index (χ3n) is 1.19. The van der Waals surface area contributed by atoms with Crippen molar-refractivity contribution in [1.82, 2.24) is 0 Å². The van der Waals surface area contributed by atoms with Gasteiger partial charge in [-0.3, -0.25) is 0 Å². The van der Waals surface area contributed by atoms with Gasteiger partial charge in [-0.25, -0.2) is 0 Å². The van der Waals surface area contributed by atoms with Crippen LogP contribution in [0.25, 0.3) is 0 Å². The van der Waals surface area contributed by atoms with Crippen molar-refractivity contribution in [3.63, 3.8) is 0 Å². The summed E-state index contributed by atoms with van der Waals surface area (Å²) in [5, 5.41) is 2.75. The summed E-state index contributed by atoms with van der Waals surface area (Å²) >= 11 is 4.60. The highest BCUT2D eigenvalue weighted by molar-refractivity contribution is 7.79. The Morgan fingerprint density at radius 2 is 1.71 bits per heavy atom. The van der Waals surface area contributed by atoms with Gasteiger partial charge in [0.2, 0.25) is 0 Å². The van der Waals surface area contributed by atoms with E-state index in [9.17, 15) is 0 Å². The van der Waals surface area contributed by atoms with Crippen LogP contribution in [0.15, 0.2) is 0 Å². The van der Waals surface area contributed by atoms with E-state index in [-0.39, 0.29) is 0 Å². The number of hydrogen-bond acceptors (Lipinski definition) is 1. The molecule has 1 heteroatoms. The van der Waals surface area contributed by atoms with Crippen LogP contribution in [0.4, 0.5) is 0 Å². The first-order valence-electron chi connectivity index (χ1n) is 2.56. The van der Waals surface area contributed by atoms with E-state index in [1.165, 1.54) is 0 Å². The first-order valence-corrected chi connectivity index (χ1v) is 2.97. The van der Waals surface area contributed by atoms with Crippen molar-refractivity contribution in [2.75, 3.05) is 0 Å². The molecule has 0 aromatic carbocycles. The monoisotopic (exact) mass is 115 g/mol. The van der Waals surface area contributed by atoms with Gasteiger partial charge in [0.15, 0.2) is 0 Å². The van der Waals surface area contributed by atoms with Crippen molar-refractivity contribution in [2.24, 2.45) is 11.8 Å². The summed E-state index contributed by atoms with van der Waals surface area (Å²) in [5.41, 5.74) is 0. The second-order valence-electron chi connectivity index (χ2n) is 2.15. The molecule has 0 spiro atoms. The number of hydrogen-bond donors (Lipinski definition) is 0. The minimum atomic E-state index is 0.468. The molecule has 1 atom stereocenters. The van der Waals surface area contributed by atoms with Crippen LogP contribution in [0.1, 0.15) is 20.8 Å². The van der Waals surface area contributed by atoms with E-state index in [0.717, 1.165) is 0 Å². The quantitative estimate of drug-likeness (QED) is 0.497. The maximum absolute atomic E-state index is 4.60. The molecule has 0 rings (SSSR count). The Labute approximate surface area is 50.9 Å². The zero-order valence-electron chi connectivity index (χ0n) is 5.06.